The van der Waals surface area contributed by atoms with Gasteiger partial charge < -0.3 is 10.4 Å². The highest BCUT2D eigenvalue weighted by atomic mass is 16.4. The highest BCUT2D eigenvalue weighted by molar-refractivity contribution is 5.73. The minimum Gasteiger partial charge on any atom is -0.481 e. The third-order valence-corrected chi connectivity index (χ3v) is 2.37. The number of hydrogen-bond donors (Lipinski definition) is 2. The van der Waals surface area contributed by atoms with Crippen LogP contribution in [-0.4, -0.2) is 27.4 Å². The van der Waals surface area contributed by atoms with Crippen molar-refractivity contribution in [1.29, 1.82) is 0 Å². The average Bonchev–Trinajstić information content (AvgIpc) is 2.51. The molecule has 1 aromatic heterocycles. The molecule has 0 aliphatic rings. The smallest absolute Gasteiger partial charge is 0.310 e. The van der Waals surface area contributed by atoms with E-state index >= 15 is 0 Å². The van der Waals surface area contributed by atoms with Crippen LogP contribution < -0.4 is 5.32 Å². The Balaban J connectivity index is 2.40. The Morgan fingerprint density at radius 2 is 2.33 bits per heavy atom. The van der Waals surface area contributed by atoms with Gasteiger partial charge >= 0.3 is 5.97 Å². The SMILES string of the molecule is Cn1nccc1CNCC(C)(C)C(=O)O. The molecule has 0 bridgehead atoms. The second kappa shape index (κ2) is 4.44. The summed E-state index contributed by atoms with van der Waals surface area (Å²) in [5.41, 5.74) is 0.301. The van der Waals surface area contributed by atoms with Gasteiger partial charge in [-0.1, -0.05) is 0 Å². The number of rotatable bonds is 5. The van der Waals surface area contributed by atoms with Crippen molar-refractivity contribution in [3.05, 3.63) is 18.0 Å². The van der Waals surface area contributed by atoms with Crippen LogP contribution in [0.5, 0.6) is 0 Å². The molecule has 0 aliphatic carbocycles. The molecule has 84 valence electrons. The number of carboxylic acids is 1. The summed E-state index contributed by atoms with van der Waals surface area (Å²) in [4.78, 5) is 10.8. The fourth-order valence-electron chi connectivity index (χ4n) is 1.15. The zero-order valence-corrected chi connectivity index (χ0v) is 9.32. The molecule has 1 aromatic rings. The number of aryl methyl sites for hydroxylation is 1. The van der Waals surface area contributed by atoms with Gasteiger partial charge in [-0.05, 0) is 19.9 Å². The van der Waals surface area contributed by atoms with E-state index in [4.69, 9.17) is 5.11 Å². The molecule has 0 fully saturated rings. The first-order chi connectivity index (χ1) is 6.93. The molecule has 5 nitrogen and oxygen atoms in total. The summed E-state index contributed by atoms with van der Waals surface area (Å²) in [7, 11) is 1.86. The molecule has 15 heavy (non-hydrogen) atoms. The number of nitrogens with one attached hydrogen (secondary N) is 1. The van der Waals surface area contributed by atoms with E-state index < -0.39 is 11.4 Å². The van der Waals surface area contributed by atoms with Gasteiger partial charge in [0.05, 0.1) is 11.1 Å². The normalized spacial score (nSPS) is 11.7. The number of aliphatic carboxylic acids is 1. The van der Waals surface area contributed by atoms with E-state index in [0.717, 1.165) is 5.69 Å². The van der Waals surface area contributed by atoms with Crippen molar-refractivity contribution in [2.45, 2.75) is 20.4 Å². The van der Waals surface area contributed by atoms with E-state index in [0.29, 0.717) is 13.1 Å². The van der Waals surface area contributed by atoms with Crippen molar-refractivity contribution in [1.82, 2.24) is 15.1 Å². The van der Waals surface area contributed by atoms with Crippen molar-refractivity contribution in [2.75, 3.05) is 6.54 Å². The quantitative estimate of drug-likeness (QED) is 0.749. The maximum absolute atomic E-state index is 10.8. The van der Waals surface area contributed by atoms with Crippen LogP contribution >= 0.6 is 0 Å². The standard InChI is InChI=1S/C10H17N3O2/c1-10(2,9(14)15)7-11-6-8-4-5-12-13(8)3/h4-5,11H,6-7H2,1-3H3,(H,14,15). The van der Waals surface area contributed by atoms with Crippen LogP contribution in [0, 0.1) is 5.41 Å². The topological polar surface area (TPSA) is 67.2 Å². The molecule has 2 N–H and O–H groups in total. The fraction of sp³-hybridized carbons (Fsp3) is 0.600. The van der Waals surface area contributed by atoms with Gasteiger partial charge in [-0.15, -0.1) is 0 Å². The molecular formula is C10H17N3O2. The zero-order chi connectivity index (χ0) is 11.5. The van der Waals surface area contributed by atoms with E-state index in [-0.39, 0.29) is 0 Å². The van der Waals surface area contributed by atoms with E-state index in [1.54, 1.807) is 24.7 Å². The fourth-order valence-corrected chi connectivity index (χ4v) is 1.15. The second-order valence-corrected chi connectivity index (χ2v) is 4.24. The number of aromatic nitrogens is 2. The largest absolute Gasteiger partial charge is 0.481 e. The number of carboxylic acid groups (broad SMARTS) is 1. The van der Waals surface area contributed by atoms with E-state index in [1.165, 1.54) is 0 Å². The van der Waals surface area contributed by atoms with Gasteiger partial charge in [0, 0.05) is 26.3 Å². The molecule has 0 atom stereocenters. The zero-order valence-electron chi connectivity index (χ0n) is 9.32. The summed E-state index contributed by atoms with van der Waals surface area (Å²) in [5, 5.41) is 16.0. The Hall–Kier alpha value is -1.36. The molecule has 1 heterocycles. The van der Waals surface area contributed by atoms with Crippen LogP contribution in [0.15, 0.2) is 12.3 Å². The van der Waals surface area contributed by atoms with Crippen LogP contribution in [0.3, 0.4) is 0 Å². The van der Waals surface area contributed by atoms with Crippen LogP contribution in [-0.2, 0) is 18.4 Å². The molecule has 0 radical (unpaired) electrons. The van der Waals surface area contributed by atoms with Gasteiger partial charge in [-0.2, -0.15) is 5.10 Å². The molecule has 5 heteroatoms. The Kier molecular flexibility index (Phi) is 3.47. The van der Waals surface area contributed by atoms with Gasteiger partial charge in [0.2, 0.25) is 0 Å². The van der Waals surface area contributed by atoms with Gasteiger partial charge in [-0.3, -0.25) is 9.48 Å². The maximum atomic E-state index is 10.8. The Morgan fingerprint density at radius 1 is 1.67 bits per heavy atom. The minimum atomic E-state index is -0.792. The average molecular weight is 211 g/mol. The lowest BCUT2D eigenvalue weighted by atomic mass is 9.94. The molecule has 0 saturated heterocycles. The molecule has 0 saturated carbocycles. The summed E-state index contributed by atoms with van der Waals surface area (Å²) < 4.78 is 1.76. The maximum Gasteiger partial charge on any atom is 0.310 e. The summed E-state index contributed by atoms with van der Waals surface area (Å²) in [6.45, 7) is 4.47. The number of carbonyl (C=O) groups is 1. The van der Waals surface area contributed by atoms with E-state index in [2.05, 4.69) is 10.4 Å². The molecule has 0 aromatic carbocycles. The predicted molar refractivity (Wildman–Crippen MR) is 56.3 cm³/mol. The molecular weight excluding hydrogens is 194 g/mol. The summed E-state index contributed by atoms with van der Waals surface area (Å²) >= 11 is 0. The molecule has 0 aliphatic heterocycles. The Labute approximate surface area is 89.1 Å². The van der Waals surface area contributed by atoms with Crippen molar-refractivity contribution in [3.8, 4) is 0 Å². The summed E-state index contributed by atoms with van der Waals surface area (Å²) in [6, 6.07) is 1.90. The van der Waals surface area contributed by atoms with Gasteiger partial charge in [-0.25, -0.2) is 0 Å². The van der Waals surface area contributed by atoms with Gasteiger partial charge in [0.15, 0.2) is 0 Å². The Bertz CT molecular complexity index is 344. The highest BCUT2D eigenvalue weighted by Crippen LogP contribution is 2.13. The monoisotopic (exact) mass is 211 g/mol. The summed E-state index contributed by atoms with van der Waals surface area (Å²) in [5.74, 6) is -0.792. The van der Waals surface area contributed by atoms with Crippen LogP contribution in [0.4, 0.5) is 0 Å². The first kappa shape index (κ1) is 11.7. The third-order valence-electron chi connectivity index (χ3n) is 2.37. The minimum absolute atomic E-state index is 0.438. The van der Waals surface area contributed by atoms with Crippen LogP contribution in [0.25, 0.3) is 0 Å². The molecule has 1 rings (SSSR count). The molecule has 0 unspecified atom stereocenters. The lowest BCUT2D eigenvalue weighted by molar-refractivity contribution is -0.146. The third kappa shape index (κ3) is 3.06. The Morgan fingerprint density at radius 3 is 2.80 bits per heavy atom. The van der Waals surface area contributed by atoms with Crippen LogP contribution in [0.1, 0.15) is 19.5 Å². The first-order valence-electron chi connectivity index (χ1n) is 4.84. The van der Waals surface area contributed by atoms with E-state index in [9.17, 15) is 4.79 Å². The number of hydrogen-bond acceptors (Lipinski definition) is 3. The van der Waals surface area contributed by atoms with Gasteiger partial charge in [0.25, 0.3) is 0 Å². The molecule has 0 spiro atoms. The summed E-state index contributed by atoms with van der Waals surface area (Å²) in [6.07, 6.45) is 1.72. The predicted octanol–water partition coefficient (Wildman–Crippen LogP) is 0.620. The van der Waals surface area contributed by atoms with E-state index in [1.807, 2.05) is 13.1 Å². The number of nitrogens with zero attached hydrogens (tertiary/aromatic N) is 2. The van der Waals surface area contributed by atoms with Crippen molar-refractivity contribution < 1.29 is 9.90 Å². The lowest BCUT2D eigenvalue weighted by Crippen LogP contribution is -2.36. The van der Waals surface area contributed by atoms with Crippen molar-refractivity contribution in [2.24, 2.45) is 12.5 Å². The van der Waals surface area contributed by atoms with Crippen LogP contribution in [0.2, 0.25) is 0 Å². The first-order valence-corrected chi connectivity index (χ1v) is 4.84. The van der Waals surface area contributed by atoms with Crippen molar-refractivity contribution in [3.63, 3.8) is 0 Å². The van der Waals surface area contributed by atoms with Gasteiger partial charge in [0.1, 0.15) is 0 Å². The lowest BCUT2D eigenvalue weighted by Gasteiger charge is -2.19. The highest BCUT2D eigenvalue weighted by Gasteiger charge is 2.26. The van der Waals surface area contributed by atoms with Crippen molar-refractivity contribution >= 4 is 5.97 Å². The molecule has 0 amide bonds. The second-order valence-electron chi connectivity index (χ2n) is 4.24.